The predicted octanol–water partition coefficient (Wildman–Crippen LogP) is 4.10. The van der Waals surface area contributed by atoms with Crippen LogP contribution in [0.15, 0.2) is 36.0 Å². The van der Waals surface area contributed by atoms with Crippen molar-refractivity contribution in [2.75, 3.05) is 0 Å². The highest BCUT2D eigenvalue weighted by molar-refractivity contribution is 7.17. The molecule has 4 heteroatoms. The highest BCUT2D eigenvalue weighted by atomic mass is 32.1. The Kier molecular flexibility index (Phi) is 2.72. The minimum Gasteiger partial charge on any atom is -0.437 e. The standard InChI is InChI=1S/C14H12N2OS/c1-9-3-4-10(2)12(7-9)17-14-13-11(5-6-18-13)15-8-16-14/h3-8H,1-2H3. The number of hydrogen-bond acceptors (Lipinski definition) is 4. The molecule has 90 valence electrons. The topological polar surface area (TPSA) is 35.0 Å². The van der Waals surface area contributed by atoms with Crippen molar-refractivity contribution in [2.24, 2.45) is 0 Å². The van der Waals surface area contributed by atoms with Gasteiger partial charge in [-0.15, -0.1) is 11.3 Å². The van der Waals surface area contributed by atoms with E-state index in [1.54, 1.807) is 11.3 Å². The van der Waals surface area contributed by atoms with E-state index >= 15 is 0 Å². The lowest BCUT2D eigenvalue weighted by atomic mass is 10.1. The molecule has 0 fully saturated rings. The average Bonchev–Trinajstić information content (AvgIpc) is 2.83. The van der Waals surface area contributed by atoms with Crippen molar-refractivity contribution in [1.82, 2.24) is 9.97 Å². The molecule has 0 aliphatic heterocycles. The summed E-state index contributed by atoms with van der Waals surface area (Å²) in [6, 6.07) is 8.12. The van der Waals surface area contributed by atoms with Gasteiger partial charge in [0.2, 0.25) is 5.88 Å². The number of ether oxygens (including phenoxy) is 1. The normalized spacial score (nSPS) is 10.8. The zero-order valence-electron chi connectivity index (χ0n) is 10.2. The Balaban J connectivity index is 2.06. The number of fused-ring (bicyclic) bond motifs is 1. The highest BCUT2D eigenvalue weighted by Gasteiger charge is 2.08. The van der Waals surface area contributed by atoms with Gasteiger partial charge >= 0.3 is 0 Å². The van der Waals surface area contributed by atoms with Crippen LogP contribution in [0.2, 0.25) is 0 Å². The van der Waals surface area contributed by atoms with Gasteiger partial charge in [0.15, 0.2) is 0 Å². The number of thiophene rings is 1. The van der Waals surface area contributed by atoms with E-state index in [4.69, 9.17) is 4.74 Å². The molecule has 0 saturated carbocycles. The predicted molar refractivity (Wildman–Crippen MR) is 73.4 cm³/mol. The quantitative estimate of drug-likeness (QED) is 0.692. The fourth-order valence-electron chi connectivity index (χ4n) is 1.76. The van der Waals surface area contributed by atoms with Crippen LogP contribution >= 0.6 is 11.3 Å². The molecule has 0 bridgehead atoms. The van der Waals surface area contributed by atoms with Crippen molar-refractivity contribution in [3.63, 3.8) is 0 Å². The summed E-state index contributed by atoms with van der Waals surface area (Å²) in [5, 5.41) is 2.00. The van der Waals surface area contributed by atoms with Crippen LogP contribution in [0.5, 0.6) is 11.6 Å². The van der Waals surface area contributed by atoms with E-state index in [1.165, 1.54) is 11.9 Å². The summed E-state index contributed by atoms with van der Waals surface area (Å²) >= 11 is 1.59. The van der Waals surface area contributed by atoms with Gasteiger partial charge in [-0.2, -0.15) is 0 Å². The number of rotatable bonds is 2. The maximum atomic E-state index is 5.92. The monoisotopic (exact) mass is 256 g/mol. The molecule has 2 aromatic heterocycles. The van der Waals surface area contributed by atoms with Gasteiger partial charge in [0.05, 0.1) is 5.52 Å². The Morgan fingerprint density at radius 3 is 2.89 bits per heavy atom. The molecular weight excluding hydrogens is 244 g/mol. The average molecular weight is 256 g/mol. The smallest absolute Gasteiger partial charge is 0.240 e. The molecule has 0 N–H and O–H groups in total. The van der Waals surface area contributed by atoms with Crippen molar-refractivity contribution < 1.29 is 4.74 Å². The number of hydrogen-bond donors (Lipinski definition) is 0. The number of aromatic nitrogens is 2. The molecule has 0 amide bonds. The van der Waals surface area contributed by atoms with Gasteiger partial charge in [0.25, 0.3) is 0 Å². The fraction of sp³-hybridized carbons (Fsp3) is 0.143. The Morgan fingerprint density at radius 1 is 1.11 bits per heavy atom. The third-order valence-electron chi connectivity index (χ3n) is 2.76. The zero-order valence-corrected chi connectivity index (χ0v) is 11.0. The van der Waals surface area contributed by atoms with Crippen molar-refractivity contribution in [1.29, 1.82) is 0 Å². The molecule has 0 saturated heterocycles. The maximum absolute atomic E-state index is 5.92. The molecule has 0 aliphatic rings. The van der Waals surface area contributed by atoms with E-state index < -0.39 is 0 Å². The molecule has 0 aliphatic carbocycles. The molecule has 3 nitrogen and oxygen atoms in total. The lowest BCUT2D eigenvalue weighted by Crippen LogP contribution is -1.91. The van der Waals surface area contributed by atoms with Gasteiger partial charge in [0, 0.05) is 0 Å². The van der Waals surface area contributed by atoms with Crippen molar-refractivity contribution in [3.05, 3.63) is 47.1 Å². The fourth-order valence-corrected chi connectivity index (χ4v) is 2.53. The van der Waals surface area contributed by atoms with Crippen molar-refractivity contribution >= 4 is 21.6 Å². The minimum atomic E-state index is 0.628. The van der Waals surface area contributed by atoms with Crippen LogP contribution in [0.1, 0.15) is 11.1 Å². The number of nitrogens with zero attached hydrogens (tertiary/aromatic N) is 2. The number of aryl methyl sites for hydroxylation is 2. The molecular formula is C14H12N2OS. The lowest BCUT2D eigenvalue weighted by molar-refractivity contribution is 0.465. The summed E-state index contributed by atoms with van der Waals surface area (Å²) in [6.45, 7) is 4.08. The second-order valence-electron chi connectivity index (χ2n) is 4.18. The molecule has 18 heavy (non-hydrogen) atoms. The van der Waals surface area contributed by atoms with Crippen molar-refractivity contribution in [3.8, 4) is 11.6 Å². The minimum absolute atomic E-state index is 0.628. The molecule has 3 rings (SSSR count). The first-order valence-electron chi connectivity index (χ1n) is 5.67. The lowest BCUT2D eigenvalue weighted by Gasteiger charge is -2.08. The highest BCUT2D eigenvalue weighted by Crippen LogP contribution is 2.32. The Hall–Kier alpha value is -1.94. The van der Waals surface area contributed by atoms with E-state index in [0.717, 1.165) is 21.5 Å². The Bertz CT molecular complexity index is 706. The van der Waals surface area contributed by atoms with E-state index in [9.17, 15) is 0 Å². The van der Waals surface area contributed by atoms with E-state index in [-0.39, 0.29) is 0 Å². The third-order valence-corrected chi connectivity index (χ3v) is 3.65. The summed E-state index contributed by atoms with van der Waals surface area (Å²) in [7, 11) is 0. The summed E-state index contributed by atoms with van der Waals surface area (Å²) < 4.78 is 6.91. The van der Waals surface area contributed by atoms with Gasteiger partial charge in [0.1, 0.15) is 16.8 Å². The summed E-state index contributed by atoms with van der Waals surface area (Å²) in [5.74, 6) is 1.48. The second-order valence-corrected chi connectivity index (χ2v) is 5.10. The molecule has 2 heterocycles. The Morgan fingerprint density at radius 2 is 2.00 bits per heavy atom. The molecule has 0 spiro atoms. The van der Waals surface area contributed by atoms with E-state index in [0.29, 0.717) is 5.88 Å². The summed E-state index contributed by atoms with van der Waals surface area (Å²) in [5.41, 5.74) is 3.20. The van der Waals surface area contributed by atoms with Gasteiger partial charge < -0.3 is 4.74 Å². The SMILES string of the molecule is Cc1ccc(C)c(Oc2ncnc3ccsc23)c1. The van der Waals surface area contributed by atoms with E-state index in [1.807, 2.05) is 31.4 Å². The summed E-state index contributed by atoms with van der Waals surface area (Å²) in [4.78, 5) is 8.43. The molecule has 0 atom stereocenters. The van der Waals surface area contributed by atoms with Crippen molar-refractivity contribution in [2.45, 2.75) is 13.8 Å². The zero-order chi connectivity index (χ0) is 12.5. The number of benzene rings is 1. The van der Waals surface area contributed by atoms with Gasteiger partial charge in [-0.1, -0.05) is 12.1 Å². The first-order chi connectivity index (χ1) is 8.74. The second kappa shape index (κ2) is 4.38. The van der Waals surface area contributed by atoms with E-state index in [2.05, 4.69) is 22.1 Å². The molecule has 0 unspecified atom stereocenters. The largest absolute Gasteiger partial charge is 0.437 e. The van der Waals surface area contributed by atoms with Crippen LogP contribution in [0.3, 0.4) is 0 Å². The first kappa shape index (κ1) is 11.2. The van der Waals surface area contributed by atoms with Gasteiger partial charge in [-0.3, -0.25) is 0 Å². The summed E-state index contributed by atoms with van der Waals surface area (Å²) in [6.07, 6.45) is 1.54. The van der Waals surface area contributed by atoms with Crippen LogP contribution in [0, 0.1) is 13.8 Å². The molecule has 0 radical (unpaired) electrons. The Labute approximate surface area is 109 Å². The van der Waals surface area contributed by atoms with Crippen LogP contribution < -0.4 is 4.74 Å². The van der Waals surface area contributed by atoms with Gasteiger partial charge in [-0.25, -0.2) is 9.97 Å². The van der Waals surface area contributed by atoms with Gasteiger partial charge in [-0.05, 0) is 42.5 Å². The third kappa shape index (κ3) is 1.95. The maximum Gasteiger partial charge on any atom is 0.240 e. The first-order valence-corrected chi connectivity index (χ1v) is 6.55. The molecule has 3 aromatic rings. The van der Waals surface area contributed by atoms with Crippen LogP contribution in [0.4, 0.5) is 0 Å². The van der Waals surface area contributed by atoms with Crippen LogP contribution in [-0.4, -0.2) is 9.97 Å². The van der Waals surface area contributed by atoms with Crippen LogP contribution in [-0.2, 0) is 0 Å². The molecule has 1 aromatic carbocycles. The van der Waals surface area contributed by atoms with Crippen LogP contribution in [0.25, 0.3) is 10.2 Å².